The first-order chi connectivity index (χ1) is 23.9. The average Bonchev–Trinajstić information content (AvgIpc) is 3.07. The predicted octanol–water partition coefficient (Wildman–Crippen LogP) is 8.88. The third-order valence-electron chi connectivity index (χ3n) is 7.26. The van der Waals surface area contributed by atoms with Crippen LogP contribution >= 0.6 is 0 Å². The number of hydrogen-bond donors (Lipinski definition) is 1. The van der Waals surface area contributed by atoms with Gasteiger partial charge in [-0.3, -0.25) is 29.8 Å². The molecule has 260 valence electrons. The van der Waals surface area contributed by atoms with E-state index in [9.17, 15) is 56.2 Å². The van der Waals surface area contributed by atoms with Gasteiger partial charge in [-0.25, -0.2) is 4.98 Å². The summed E-state index contributed by atoms with van der Waals surface area (Å²) in [6, 6.07) is 19.3. The third-order valence-corrected chi connectivity index (χ3v) is 7.26. The number of nitro groups is 2. The fourth-order valence-electron chi connectivity index (χ4n) is 5.02. The number of non-ortho nitro benzene ring substituents is 2. The molecule has 0 spiro atoms. The van der Waals surface area contributed by atoms with Crippen molar-refractivity contribution in [2.75, 3.05) is 0 Å². The summed E-state index contributed by atoms with van der Waals surface area (Å²) in [4.78, 5) is 51.5. The minimum absolute atomic E-state index is 0.0131. The molecule has 0 amide bonds. The first-order valence-corrected chi connectivity index (χ1v) is 14.4. The minimum atomic E-state index is -4.56. The smallest absolute Gasteiger partial charge is 0.416 e. The van der Waals surface area contributed by atoms with Crippen molar-refractivity contribution in [3.8, 4) is 28.3 Å². The highest BCUT2D eigenvalue weighted by Crippen LogP contribution is 2.37. The highest BCUT2D eigenvalue weighted by molar-refractivity contribution is 5.95. The Hall–Kier alpha value is -6.65. The summed E-state index contributed by atoms with van der Waals surface area (Å²) < 4.78 is 82.5. The van der Waals surface area contributed by atoms with Crippen LogP contribution in [-0.4, -0.2) is 25.8 Å². The summed E-state index contributed by atoms with van der Waals surface area (Å²) in [6.45, 7) is 1.15. The van der Waals surface area contributed by atoms with Gasteiger partial charge in [0.15, 0.2) is 10.9 Å². The highest BCUT2D eigenvalue weighted by Gasteiger charge is 2.31. The maximum atomic E-state index is 13.0. The number of benzene rings is 4. The van der Waals surface area contributed by atoms with E-state index in [0.717, 1.165) is 37.3 Å². The van der Waals surface area contributed by atoms with Crippen molar-refractivity contribution in [2.45, 2.75) is 19.3 Å². The zero-order valence-corrected chi connectivity index (χ0v) is 25.7. The van der Waals surface area contributed by atoms with Crippen molar-refractivity contribution in [1.82, 2.24) is 9.97 Å². The molecule has 51 heavy (non-hydrogen) atoms. The van der Waals surface area contributed by atoms with Gasteiger partial charge in [-0.2, -0.15) is 26.3 Å². The molecule has 0 bridgehead atoms. The molecule has 0 saturated carbocycles. The van der Waals surface area contributed by atoms with Crippen molar-refractivity contribution in [2.24, 2.45) is 0 Å². The van der Waals surface area contributed by atoms with Crippen LogP contribution in [0, 0.1) is 20.2 Å². The van der Waals surface area contributed by atoms with Crippen molar-refractivity contribution >= 4 is 39.1 Å². The van der Waals surface area contributed by atoms with E-state index in [1.165, 1.54) is 66.7 Å². The van der Waals surface area contributed by atoms with Gasteiger partial charge in [0.05, 0.1) is 37.4 Å². The Morgan fingerprint density at radius 3 is 1.82 bits per heavy atom. The molecule has 0 unspecified atom stereocenters. The zero-order chi connectivity index (χ0) is 37.2. The van der Waals surface area contributed by atoms with Gasteiger partial charge in [-0.15, -0.1) is 0 Å². The molecule has 0 radical (unpaired) electrons. The standard InChI is InChI=1S/C18H11F3N2O4.C16H9F3N2O3/c1-10(24)27-16-9-14(11-4-2-5-12(8-11)18(19,20)21)22-17-13(16)6-3-7-15(17)23(25)26;17-16(18,19)10-4-1-3-9(7-10)12-8-14(22)11-5-2-6-13(21(23)24)15(11)20-12/h2-9H,1H3;1-8H,(H,20,22). The number of halogens is 6. The Bertz CT molecular complexity index is 2410. The molecule has 2 heterocycles. The minimum Gasteiger partial charge on any atom is -0.426 e. The lowest BCUT2D eigenvalue weighted by Crippen LogP contribution is -2.07. The number of H-pyrrole nitrogens is 1. The number of esters is 1. The third kappa shape index (κ3) is 7.82. The van der Waals surface area contributed by atoms with Gasteiger partial charge in [-0.1, -0.05) is 36.4 Å². The van der Waals surface area contributed by atoms with Crippen LogP contribution in [0.4, 0.5) is 37.7 Å². The van der Waals surface area contributed by atoms with Gasteiger partial charge in [0.1, 0.15) is 11.3 Å². The number of aromatic amines is 1. The molecular weight excluding hydrogens is 690 g/mol. The maximum Gasteiger partial charge on any atom is 0.416 e. The molecular formula is C34H20F6N4O7. The number of hydrogen-bond acceptors (Lipinski definition) is 8. The van der Waals surface area contributed by atoms with E-state index >= 15 is 0 Å². The molecule has 4 aromatic carbocycles. The van der Waals surface area contributed by atoms with E-state index in [0.29, 0.717) is 0 Å². The van der Waals surface area contributed by atoms with Gasteiger partial charge in [0, 0.05) is 42.4 Å². The van der Waals surface area contributed by atoms with E-state index in [1.54, 1.807) is 0 Å². The number of aromatic nitrogens is 2. The lowest BCUT2D eigenvalue weighted by molar-refractivity contribution is -0.383. The molecule has 11 nitrogen and oxygen atoms in total. The van der Waals surface area contributed by atoms with Crippen LogP contribution in [0.5, 0.6) is 5.75 Å². The lowest BCUT2D eigenvalue weighted by atomic mass is 10.0. The van der Waals surface area contributed by atoms with Crippen molar-refractivity contribution in [1.29, 1.82) is 0 Å². The lowest BCUT2D eigenvalue weighted by Gasteiger charge is -2.11. The van der Waals surface area contributed by atoms with Gasteiger partial charge in [0.25, 0.3) is 11.4 Å². The van der Waals surface area contributed by atoms with Crippen LogP contribution in [0.2, 0.25) is 0 Å². The Morgan fingerprint density at radius 1 is 0.725 bits per heavy atom. The van der Waals surface area contributed by atoms with E-state index < -0.39 is 44.7 Å². The van der Waals surface area contributed by atoms with Crippen LogP contribution in [0.15, 0.2) is 102 Å². The Labute approximate surface area is 281 Å². The summed E-state index contributed by atoms with van der Waals surface area (Å²) in [5.41, 5.74) is -2.78. The number of fused-ring (bicyclic) bond motifs is 2. The predicted molar refractivity (Wildman–Crippen MR) is 172 cm³/mol. The molecule has 0 aliphatic rings. The van der Waals surface area contributed by atoms with Crippen LogP contribution in [0.1, 0.15) is 18.1 Å². The molecule has 0 atom stereocenters. The Balaban J connectivity index is 0.000000199. The number of carbonyl (C=O) groups is 1. The largest absolute Gasteiger partial charge is 0.426 e. The summed E-state index contributed by atoms with van der Waals surface area (Å²) in [7, 11) is 0. The molecule has 6 aromatic rings. The van der Waals surface area contributed by atoms with Gasteiger partial charge in [0.2, 0.25) is 0 Å². The Kier molecular flexibility index (Phi) is 9.57. The second-order valence-electron chi connectivity index (χ2n) is 10.7. The second kappa shape index (κ2) is 13.7. The summed E-state index contributed by atoms with van der Waals surface area (Å²) in [6.07, 6.45) is -9.09. The number of alkyl halides is 6. The fourth-order valence-corrected chi connectivity index (χ4v) is 5.02. The zero-order valence-electron chi connectivity index (χ0n) is 25.7. The second-order valence-corrected chi connectivity index (χ2v) is 10.7. The topological polar surface area (TPSA) is 158 Å². The van der Waals surface area contributed by atoms with Crippen LogP contribution in [0.3, 0.4) is 0 Å². The van der Waals surface area contributed by atoms with E-state index in [4.69, 9.17) is 4.74 Å². The molecule has 0 saturated heterocycles. The highest BCUT2D eigenvalue weighted by atomic mass is 19.4. The molecule has 17 heteroatoms. The summed E-state index contributed by atoms with van der Waals surface area (Å²) >= 11 is 0. The summed E-state index contributed by atoms with van der Waals surface area (Å²) in [5.74, 6) is -0.701. The molecule has 0 fully saturated rings. The number of nitro benzene ring substituents is 2. The van der Waals surface area contributed by atoms with Crippen molar-refractivity contribution in [3.05, 3.63) is 139 Å². The van der Waals surface area contributed by atoms with Crippen molar-refractivity contribution in [3.63, 3.8) is 0 Å². The molecule has 6 rings (SSSR count). The number of para-hydroxylation sites is 2. The monoisotopic (exact) mass is 710 g/mol. The van der Waals surface area contributed by atoms with Gasteiger partial charge < -0.3 is 9.72 Å². The first kappa shape index (κ1) is 35.7. The average molecular weight is 711 g/mol. The summed E-state index contributed by atoms with van der Waals surface area (Å²) in [5, 5.41) is 22.7. The normalized spacial score (nSPS) is 11.5. The number of pyridine rings is 2. The molecule has 0 aliphatic carbocycles. The maximum absolute atomic E-state index is 13.0. The first-order valence-electron chi connectivity index (χ1n) is 14.4. The van der Waals surface area contributed by atoms with E-state index in [2.05, 4.69) is 9.97 Å². The number of rotatable bonds is 5. The van der Waals surface area contributed by atoms with Gasteiger partial charge >= 0.3 is 18.3 Å². The number of carbonyl (C=O) groups excluding carboxylic acids is 1. The van der Waals surface area contributed by atoms with E-state index in [1.807, 2.05) is 0 Å². The number of nitrogens with one attached hydrogen (secondary N) is 1. The Morgan fingerprint density at radius 2 is 1.25 bits per heavy atom. The van der Waals surface area contributed by atoms with E-state index in [-0.39, 0.29) is 61.4 Å². The number of ether oxygens (including phenoxy) is 1. The number of nitrogens with zero attached hydrogens (tertiary/aromatic N) is 3. The van der Waals surface area contributed by atoms with Crippen LogP contribution in [0.25, 0.3) is 44.3 Å². The van der Waals surface area contributed by atoms with Crippen LogP contribution < -0.4 is 10.2 Å². The van der Waals surface area contributed by atoms with Crippen molar-refractivity contribution < 1.29 is 45.7 Å². The SMILES string of the molecule is CC(=O)Oc1cc(-c2cccc(C(F)(F)F)c2)nc2c([N+](=O)[O-])cccc12.O=c1cc(-c2cccc(C(F)(F)F)c2)[nH]c2c([N+](=O)[O-])cccc12. The van der Waals surface area contributed by atoms with Crippen LogP contribution in [-0.2, 0) is 17.1 Å². The molecule has 0 aliphatic heterocycles. The van der Waals surface area contributed by atoms with Gasteiger partial charge in [-0.05, 0) is 42.0 Å². The fraction of sp³-hybridized carbons (Fsp3) is 0.0882. The molecule has 2 aromatic heterocycles. The molecule has 1 N–H and O–H groups in total. The quantitative estimate of drug-likeness (QED) is 0.0804.